The lowest BCUT2D eigenvalue weighted by Gasteiger charge is -2.36. The van der Waals surface area contributed by atoms with Gasteiger partial charge in [-0.2, -0.15) is 4.98 Å². The summed E-state index contributed by atoms with van der Waals surface area (Å²) in [4.78, 5) is 34.1. The van der Waals surface area contributed by atoms with E-state index < -0.39 is 11.9 Å². The third-order valence-electron chi connectivity index (χ3n) is 5.60. The molecule has 1 aromatic heterocycles. The molecular weight excluding hydrogens is 391 g/mol. The Morgan fingerprint density at radius 2 is 2.10 bits per heavy atom. The Kier molecular flexibility index (Phi) is 5.39. The highest BCUT2D eigenvalue weighted by Gasteiger charge is 2.27. The molecule has 0 bridgehead atoms. The number of hydrogen-bond acceptors (Lipinski definition) is 6. The van der Waals surface area contributed by atoms with Gasteiger partial charge in [0.1, 0.15) is 0 Å². The molecule has 1 aromatic carbocycles. The Labute approximate surface area is 172 Å². The van der Waals surface area contributed by atoms with Crippen LogP contribution in [-0.4, -0.2) is 58.2 Å². The highest BCUT2D eigenvalue weighted by Crippen LogP contribution is 2.28. The van der Waals surface area contributed by atoms with Crippen LogP contribution < -0.4 is 15.5 Å². The Morgan fingerprint density at radius 1 is 1.33 bits per heavy atom. The van der Waals surface area contributed by atoms with Gasteiger partial charge in [0.25, 0.3) is 0 Å². The number of carbonyl (C=O) groups is 2. The van der Waals surface area contributed by atoms with Crippen LogP contribution in [0.2, 0.25) is 0 Å². The Balaban J connectivity index is 1.46. The van der Waals surface area contributed by atoms with Crippen molar-refractivity contribution in [2.75, 3.05) is 35.7 Å². The maximum atomic E-state index is 14.4. The third-order valence-corrected chi connectivity index (χ3v) is 5.60. The van der Waals surface area contributed by atoms with Gasteiger partial charge in [0.2, 0.25) is 11.9 Å². The van der Waals surface area contributed by atoms with Crippen molar-refractivity contribution in [1.29, 1.82) is 0 Å². The molecule has 0 radical (unpaired) electrons. The van der Waals surface area contributed by atoms with Gasteiger partial charge < -0.3 is 25.5 Å². The van der Waals surface area contributed by atoms with E-state index in [1.807, 2.05) is 23.1 Å². The fraction of sp³-hybridized carbons (Fsp3) is 0.400. The van der Waals surface area contributed by atoms with E-state index in [0.717, 1.165) is 23.1 Å². The molecule has 2 amide bonds. The summed E-state index contributed by atoms with van der Waals surface area (Å²) >= 11 is 0. The summed E-state index contributed by atoms with van der Waals surface area (Å²) < 4.78 is 14.4. The van der Waals surface area contributed by atoms with Gasteiger partial charge in [-0.05, 0) is 43.0 Å². The number of halogens is 1. The number of hydrogen-bond donors (Lipinski definition) is 3. The first-order valence-electron chi connectivity index (χ1n) is 9.84. The van der Waals surface area contributed by atoms with Crippen molar-refractivity contribution in [3.05, 3.63) is 35.8 Å². The second kappa shape index (κ2) is 8.13. The summed E-state index contributed by atoms with van der Waals surface area (Å²) in [6.45, 7) is 1.02. The van der Waals surface area contributed by atoms with Crippen molar-refractivity contribution in [3.8, 4) is 0 Å². The number of rotatable bonds is 4. The predicted molar refractivity (Wildman–Crippen MR) is 110 cm³/mol. The molecule has 0 saturated carbocycles. The number of piperidine rings is 1. The molecule has 3 heterocycles. The van der Waals surface area contributed by atoms with Crippen LogP contribution in [0.4, 0.5) is 32.3 Å². The van der Waals surface area contributed by atoms with Gasteiger partial charge in [-0.15, -0.1) is 0 Å². The van der Waals surface area contributed by atoms with E-state index in [2.05, 4.69) is 20.6 Å². The van der Waals surface area contributed by atoms with Gasteiger partial charge in [0.05, 0.1) is 6.20 Å². The average molecular weight is 414 g/mol. The van der Waals surface area contributed by atoms with E-state index in [1.54, 1.807) is 7.05 Å². The summed E-state index contributed by atoms with van der Waals surface area (Å²) in [5.41, 5.74) is 2.57. The maximum absolute atomic E-state index is 14.4. The molecule has 10 heteroatoms. The number of aryl methyl sites for hydroxylation is 1. The number of anilines is 4. The summed E-state index contributed by atoms with van der Waals surface area (Å²) in [7, 11) is 1.56. The molecule has 0 spiro atoms. The normalized spacial score (nSPS) is 16.6. The van der Waals surface area contributed by atoms with E-state index in [0.29, 0.717) is 38.8 Å². The van der Waals surface area contributed by atoms with Crippen LogP contribution in [0, 0.1) is 5.82 Å². The molecule has 30 heavy (non-hydrogen) atoms. The molecular formula is C20H23FN6O3. The summed E-state index contributed by atoms with van der Waals surface area (Å²) in [6.07, 6.45) is 2.49. The lowest BCUT2D eigenvalue weighted by Crippen LogP contribution is -2.45. The van der Waals surface area contributed by atoms with Gasteiger partial charge >= 0.3 is 6.09 Å². The summed E-state index contributed by atoms with van der Waals surface area (Å²) in [5, 5.41) is 15.1. The number of carboxylic acid groups (broad SMARTS) is 1. The lowest BCUT2D eigenvalue weighted by atomic mass is 10.0. The quantitative estimate of drug-likeness (QED) is 0.705. The number of nitrogens with zero attached hydrogens (tertiary/aromatic N) is 4. The molecule has 0 aliphatic carbocycles. The van der Waals surface area contributed by atoms with Crippen LogP contribution >= 0.6 is 0 Å². The number of amides is 2. The molecule has 1 saturated heterocycles. The molecule has 0 atom stereocenters. The van der Waals surface area contributed by atoms with Crippen molar-refractivity contribution in [1.82, 2.24) is 14.9 Å². The predicted octanol–water partition coefficient (Wildman–Crippen LogP) is 2.82. The molecule has 0 unspecified atom stereocenters. The van der Waals surface area contributed by atoms with Crippen molar-refractivity contribution in [3.63, 3.8) is 0 Å². The van der Waals surface area contributed by atoms with Crippen LogP contribution in [0.3, 0.4) is 0 Å². The molecule has 2 aliphatic heterocycles. The van der Waals surface area contributed by atoms with E-state index >= 15 is 0 Å². The zero-order chi connectivity index (χ0) is 21.3. The van der Waals surface area contributed by atoms with Crippen LogP contribution in [0.15, 0.2) is 24.4 Å². The van der Waals surface area contributed by atoms with Crippen molar-refractivity contribution in [2.45, 2.75) is 31.7 Å². The first kappa shape index (κ1) is 19.9. The fourth-order valence-electron chi connectivity index (χ4n) is 3.85. The van der Waals surface area contributed by atoms with Gasteiger partial charge in [0, 0.05) is 44.0 Å². The molecule has 158 valence electrons. The van der Waals surface area contributed by atoms with Crippen LogP contribution in [0.25, 0.3) is 0 Å². The van der Waals surface area contributed by atoms with Crippen LogP contribution in [-0.2, 0) is 11.2 Å². The molecule has 2 aliphatic rings. The number of carbonyl (C=O) groups excluding carboxylic acids is 1. The van der Waals surface area contributed by atoms with Crippen molar-refractivity contribution >= 4 is 35.1 Å². The monoisotopic (exact) mass is 414 g/mol. The first-order valence-corrected chi connectivity index (χ1v) is 9.84. The average Bonchev–Trinajstić information content (AvgIpc) is 2.75. The van der Waals surface area contributed by atoms with Crippen LogP contribution in [0.5, 0.6) is 0 Å². The zero-order valence-corrected chi connectivity index (χ0v) is 16.6. The van der Waals surface area contributed by atoms with Gasteiger partial charge in [0.15, 0.2) is 11.6 Å². The zero-order valence-electron chi connectivity index (χ0n) is 16.6. The first-order chi connectivity index (χ1) is 14.4. The minimum absolute atomic E-state index is 0.00744. The molecule has 9 nitrogen and oxygen atoms in total. The Bertz CT molecular complexity index is 977. The highest BCUT2D eigenvalue weighted by molar-refractivity contribution is 5.94. The van der Waals surface area contributed by atoms with E-state index in [1.165, 1.54) is 4.90 Å². The van der Waals surface area contributed by atoms with Gasteiger partial charge in [-0.1, -0.05) is 0 Å². The van der Waals surface area contributed by atoms with Gasteiger partial charge in [-0.3, -0.25) is 4.79 Å². The van der Waals surface area contributed by atoms with Gasteiger partial charge in [-0.25, -0.2) is 14.2 Å². The van der Waals surface area contributed by atoms with E-state index in [9.17, 15) is 14.0 Å². The summed E-state index contributed by atoms with van der Waals surface area (Å²) in [5.74, 6) is -0.0306. The number of aromatic nitrogens is 2. The standard InChI is InChI=1S/C20H23FN6O3/c1-26(20(29)30)14-6-8-27(9-7-14)18-15(21)11-22-19(25-18)23-13-3-4-16-12(10-13)2-5-17(28)24-16/h3-4,10-11,14H,2,5-9H2,1H3,(H,24,28)(H,29,30)(H,22,23,25). The van der Waals surface area contributed by atoms with Crippen molar-refractivity contribution < 1.29 is 19.1 Å². The van der Waals surface area contributed by atoms with Crippen LogP contribution in [0.1, 0.15) is 24.8 Å². The third kappa shape index (κ3) is 4.12. The topological polar surface area (TPSA) is 111 Å². The summed E-state index contributed by atoms with van der Waals surface area (Å²) in [6, 6.07) is 5.47. The molecule has 1 fully saturated rings. The number of benzene rings is 1. The molecule has 4 rings (SSSR count). The lowest BCUT2D eigenvalue weighted by molar-refractivity contribution is -0.116. The fourth-order valence-corrected chi connectivity index (χ4v) is 3.85. The Hall–Kier alpha value is -3.43. The van der Waals surface area contributed by atoms with Crippen molar-refractivity contribution in [2.24, 2.45) is 0 Å². The Morgan fingerprint density at radius 3 is 2.83 bits per heavy atom. The smallest absolute Gasteiger partial charge is 0.407 e. The largest absolute Gasteiger partial charge is 0.465 e. The molecule has 2 aromatic rings. The second-order valence-corrected chi connectivity index (χ2v) is 7.52. The number of nitrogens with one attached hydrogen (secondary N) is 2. The highest BCUT2D eigenvalue weighted by atomic mass is 19.1. The minimum atomic E-state index is -0.960. The number of fused-ring (bicyclic) bond motifs is 1. The maximum Gasteiger partial charge on any atom is 0.407 e. The molecule has 3 N–H and O–H groups in total. The van der Waals surface area contributed by atoms with E-state index in [4.69, 9.17) is 5.11 Å². The minimum Gasteiger partial charge on any atom is -0.465 e. The van der Waals surface area contributed by atoms with E-state index in [-0.39, 0.29) is 23.7 Å². The second-order valence-electron chi connectivity index (χ2n) is 7.52. The SMILES string of the molecule is CN(C(=O)O)C1CCN(c2nc(Nc3ccc4c(c3)CCC(=O)N4)ncc2F)CC1.